The Bertz CT molecular complexity index is 371. The van der Waals surface area contributed by atoms with Crippen LogP contribution in [0.2, 0.25) is 0 Å². The van der Waals surface area contributed by atoms with Crippen LogP contribution in [0.15, 0.2) is 6.07 Å². The average molecular weight is 238 g/mol. The van der Waals surface area contributed by atoms with E-state index >= 15 is 0 Å². The summed E-state index contributed by atoms with van der Waals surface area (Å²) in [5.74, 6) is -0.252. The predicted octanol–water partition coefficient (Wildman–Crippen LogP) is -0.0536. The highest BCUT2D eigenvalue weighted by molar-refractivity contribution is 5.92. The van der Waals surface area contributed by atoms with Crippen molar-refractivity contribution in [3.8, 4) is 0 Å². The maximum atomic E-state index is 11.6. The molecular weight excluding hydrogens is 220 g/mol. The number of aliphatic hydroxyl groups excluding tert-OH is 1. The molecule has 0 spiro atoms. The molecule has 1 fully saturated rings. The second-order valence-corrected chi connectivity index (χ2v) is 4.19. The molecule has 17 heavy (non-hydrogen) atoms. The van der Waals surface area contributed by atoms with Crippen LogP contribution in [0.1, 0.15) is 41.5 Å². The summed E-state index contributed by atoms with van der Waals surface area (Å²) >= 11 is 0. The van der Waals surface area contributed by atoms with Gasteiger partial charge in [0.1, 0.15) is 5.69 Å². The molecule has 0 aliphatic carbocycles. The van der Waals surface area contributed by atoms with Crippen molar-refractivity contribution in [1.29, 1.82) is 0 Å². The lowest BCUT2D eigenvalue weighted by Crippen LogP contribution is -2.27. The van der Waals surface area contributed by atoms with Crippen LogP contribution < -0.4 is 10.6 Å². The van der Waals surface area contributed by atoms with Crippen molar-refractivity contribution in [3.63, 3.8) is 0 Å². The van der Waals surface area contributed by atoms with Crippen LogP contribution in [0, 0.1) is 0 Å². The van der Waals surface area contributed by atoms with Crippen LogP contribution in [0.4, 0.5) is 0 Å². The quantitative estimate of drug-likeness (QED) is 0.592. The second-order valence-electron chi connectivity index (χ2n) is 4.19. The van der Waals surface area contributed by atoms with Gasteiger partial charge in [0.2, 0.25) is 0 Å². The molecule has 1 aliphatic heterocycles. The van der Waals surface area contributed by atoms with Crippen molar-refractivity contribution in [2.75, 3.05) is 19.7 Å². The van der Waals surface area contributed by atoms with E-state index in [0.717, 1.165) is 18.7 Å². The first-order chi connectivity index (χ1) is 8.31. The van der Waals surface area contributed by atoms with Gasteiger partial charge in [0.05, 0.1) is 12.3 Å². The SMILES string of the molecule is O=C(NCCO)c1cc(C2CCCCN2)[nH]n1. The zero-order valence-corrected chi connectivity index (χ0v) is 9.70. The Hall–Kier alpha value is -1.40. The van der Waals surface area contributed by atoms with Gasteiger partial charge >= 0.3 is 0 Å². The van der Waals surface area contributed by atoms with E-state index in [1.54, 1.807) is 6.07 Å². The van der Waals surface area contributed by atoms with Crippen LogP contribution in [-0.4, -0.2) is 40.9 Å². The number of H-pyrrole nitrogens is 1. The van der Waals surface area contributed by atoms with Crippen LogP contribution >= 0.6 is 0 Å². The molecule has 94 valence electrons. The molecule has 1 aromatic heterocycles. The zero-order chi connectivity index (χ0) is 12.1. The van der Waals surface area contributed by atoms with Crippen molar-refractivity contribution in [1.82, 2.24) is 20.8 Å². The molecule has 0 saturated carbocycles. The lowest BCUT2D eigenvalue weighted by Gasteiger charge is -2.21. The summed E-state index contributed by atoms with van der Waals surface area (Å²) in [6.07, 6.45) is 3.47. The Balaban J connectivity index is 1.97. The maximum absolute atomic E-state index is 11.6. The Kier molecular flexibility index (Phi) is 4.11. The molecule has 4 N–H and O–H groups in total. The molecule has 6 nitrogen and oxygen atoms in total. The van der Waals surface area contributed by atoms with E-state index < -0.39 is 0 Å². The van der Waals surface area contributed by atoms with Gasteiger partial charge in [0.25, 0.3) is 5.91 Å². The Morgan fingerprint density at radius 3 is 3.18 bits per heavy atom. The van der Waals surface area contributed by atoms with Crippen LogP contribution in [0.5, 0.6) is 0 Å². The molecule has 1 saturated heterocycles. The molecule has 0 aromatic carbocycles. The first-order valence-electron chi connectivity index (χ1n) is 5.99. The Morgan fingerprint density at radius 1 is 1.59 bits per heavy atom. The summed E-state index contributed by atoms with van der Waals surface area (Å²) < 4.78 is 0. The number of piperidine rings is 1. The third kappa shape index (κ3) is 3.04. The monoisotopic (exact) mass is 238 g/mol. The number of aromatic nitrogens is 2. The van der Waals surface area contributed by atoms with Gasteiger partial charge in [0, 0.05) is 12.6 Å². The van der Waals surface area contributed by atoms with Gasteiger partial charge in [-0.2, -0.15) is 5.10 Å². The molecule has 1 aromatic rings. The molecule has 0 radical (unpaired) electrons. The van der Waals surface area contributed by atoms with Gasteiger partial charge in [0.15, 0.2) is 0 Å². The fourth-order valence-electron chi connectivity index (χ4n) is 2.01. The third-order valence-electron chi connectivity index (χ3n) is 2.91. The smallest absolute Gasteiger partial charge is 0.271 e. The Labute approximate surface area is 99.8 Å². The number of nitrogens with one attached hydrogen (secondary N) is 3. The van der Waals surface area contributed by atoms with E-state index in [1.807, 2.05) is 0 Å². The molecule has 1 amide bonds. The molecule has 6 heteroatoms. The number of hydrogen-bond acceptors (Lipinski definition) is 4. The minimum Gasteiger partial charge on any atom is -0.395 e. The predicted molar refractivity (Wildman–Crippen MR) is 62.6 cm³/mol. The first kappa shape index (κ1) is 12.1. The normalized spacial score (nSPS) is 20.2. The maximum Gasteiger partial charge on any atom is 0.271 e. The highest BCUT2D eigenvalue weighted by Gasteiger charge is 2.18. The number of nitrogens with zero attached hydrogens (tertiary/aromatic N) is 1. The van der Waals surface area contributed by atoms with E-state index in [4.69, 9.17) is 5.11 Å². The lowest BCUT2D eigenvalue weighted by molar-refractivity contribution is 0.0940. The minimum absolute atomic E-state index is 0.0623. The van der Waals surface area contributed by atoms with Gasteiger partial charge in [-0.3, -0.25) is 9.89 Å². The molecule has 1 aliphatic rings. The summed E-state index contributed by atoms with van der Waals surface area (Å²) in [6.45, 7) is 1.20. The number of carbonyl (C=O) groups excluding carboxylic acids is 1. The van der Waals surface area contributed by atoms with E-state index in [2.05, 4.69) is 20.8 Å². The molecule has 1 unspecified atom stereocenters. The van der Waals surface area contributed by atoms with Gasteiger partial charge in [-0.05, 0) is 25.5 Å². The van der Waals surface area contributed by atoms with Crippen molar-refractivity contribution in [2.24, 2.45) is 0 Å². The number of hydrogen-bond donors (Lipinski definition) is 4. The summed E-state index contributed by atoms with van der Waals surface area (Å²) in [5, 5.41) is 21.5. The molecule has 2 heterocycles. The summed E-state index contributed by atoms with van der Waals surface area (Å²) in [7, 11) is 0. The standard InChI is InChI=1S/C11H18N4O2/c16-6-5-13-11(17)10-7-9(14-15-10)8-3-1-2-4-12-8/h7-8,12,16H,1-6H2,(H,13,17)(H,14,15). The van der Waals surface area contributed by atoms with Gasteiger partial charge in [-0.15, -0.1) is 0 Å². The minimum atomic E-state index is -0.252. The van der Waals surface area contributed by atoms with Crippen molar-refractivity contribution >= 4 is 5.91 Å². The van der Waals surface area contributed by atoms with Crippen LogP contribution in [-0.2, 0) is 0 Å². The number of rotatable bonds is 4. The molecule has 0 bridgehead atoms. The van der Waals surface area contributed by atoms with Crippen LogP contribution in [0.3, 0.4) is 0 Å². The van der Waals surface area contributed by atoms with Crippen molar-refractivity contribution in [3.05, 3.63) is 17.5 Å². The van der Waals surface area contributed by atoms with E-state index in [-0.39, 0.29) is 25.1 Å². The first-order valence-corrected chi connectivity index (χ1v) is 5.99. The largest absolute Gasteiger partial charge is 0.395 e. The van der Waals surface area contributed by atoms with Crippen LogP contribution in [0.25, 0.3) is 0 Å². The number of aromatic amines is 1. The highest BCUT2D eigenvalue weighted by atomic mass is 16.3. The van der Waals surface area contributed by atoms with Crippen molar-refractivity contribution < 1.29 is 9.90 Å². The van der Waals surface area contributed by atoms with E-state index in [9.17, 15) is 4.79 Å². The van der Waals surface area contributed by atoms with Gasteiger partial charge in [-0.25, -0.2) is 0 Å². The molecule has 2 rings (SSSR count). The fourth-order valence-corrected chi connectivity index (χ4v) is 2.01. The number of carbonyl (C=O) groups is 1. The van der Waals surface area contributed by atoms with Gasteiger partial charge in [-0.1, -0.05) is 6.42 Å². The number of aliphatic hydroxyl groups is 1. The molecule has 1 atom stereocenters. The Morgan fingerprint density at radius 2 is 2.47 bits per heavy atom. The summed E-state index contributed by atoms with van der Waals surface area (Å²) in [4.78, 5) is 11.6. The van der Waals surface area contributed by atoms with E-state index in [1.165, 1.54) is 12.8 Å². The molecular formula is C11H18N4O2. The zero-order valence-electron chi connectivity index (χ0n) is 9.70. The van der Waals surface area contributed by atoms with Crippen molar-refractivity contribution in [2.45, 2.75) is 25.3 Å². The van der Waals surface area contributed by atoms with Gasteiger partial charge < -0.3 is 15.7 Å². The summed E-state index contributed by atoms with van der Waals surface area (Å²) in [6, 6.07) is 2.05. The van der Waals surface area contributed by atoms with E-state index in [0.29, 0.717) is 5.69 Å². The second kappa shape index (κ2) is 5.79. The summed E-state index contributed by atoms with van der Waals surface area (Å²) in [5.41, 5.74) is 1.33. The third-order valence-corrected chi connectivity index (χ3v) is 2.91. The number of amides is 1. The lowest BCUT2D eigenvalue weighted by atomic mass is 10.0. The average Bonchev–Trinajstić information content (AvgIpc) is 2.86. The highest BCUT2D eigenvalue weighted by Crippen LogP contribution is 2.21. The topological polar surface area (TPSA) is 90.0 Å². The fraction of sp³-hybridized carbons (Fsp3) is 0.636.